The molecule has 15 heavy (non-hydrogen) atoms. The normalized spacial score (nSPS) is 14.5. The summed E-state index contributed by atoms with van der Waals surface area (Å²) in [6, 6.07) is 0. The molecule has 1 atom stereocenters. The smallest absolute Gasteiger partial charge is 0.322 e. The zero-order valence-corrected chi connectivity index (χ0v) is 10.5. The molecule has 4 nitrogen and oxygen atoms in total. The van der Waals surface area contributed by atoms with Gasteiger partial charge in [-0.2, -0.15) is 0 Å². The van der Waals surface area contributed by atoms with Crippen molar-refractivity contribution in [3.63, 3.8) is 0 Å². The van der Waals surface area contributed by atoms with Crippen molar-refractivity contribution >= 4 is 15.8 Å². The average Bonchev–Trinajstić information content (AvgIpc) is 1.98. The van der Waals surface area contributed by atoms with Crippen LogP contribution < -0.4 is 0 Å². The Morgan fingerprint density at radius 1 is 1.20 bits per heavy atom. The molecule has 5 heteroatoms. The third-order valence-corrected chi connectivity index (χ3v) is 4.54. The molecule has 0 aromatic carbocycles. The van der Waals surface area contributed by atoms with Gasteiger partial charge in [0.15, 0.2) is 15.1 Å². The van der Waals surface area contributed by atoms with Crippen LogP contribution in [0.3, 0.4) is 0 Å². The van der Waals surface area contributed by atoms with Crippen LogP contribution in [0.1, 0.15) is 34.1 Å². The molecule has 0 aliphatic carbocycles. The predicted octanol–water partition coefficient (Wildman–Crippen LogP) is 1.56. The fraction of sp³-hybridized carbons (Fsp3) is 0.900. The van der Waals surface area contributed by atoms with Crippen molar-refractivity contribution in [3.05, 3.63) is 0 Å². The lowest BCUT2D eigenvalue weighted by atomic mass is 10.1. The van der Waals surface area contributed by atoms with Gasteiger partial charge < -0.3 is 5.11 Å². The summed E-state index contributed by atoms with van der Waals surface area (Å²) in [7, 11) is -3.52. The molecule has 1 N–H and O–H groups in total. The first kappa shape index (κ1) is 14.4. The van der Waals surface area contributed by atoms with Crippen molar-refractivity contribution in [2.75, 3.05) is 5.75 Å². The summed E-state index contributed by atoms with van der Waals surface area (Å²) in [6.45, 7) is 7.07. The number of rotatable bonds is 6. The Morgan fingerprint density at radius 2 is 1.67 bits per heavy atom. The van der Waals surface area contributed by atoms with Crippen molar-refractivity contribution in [2.45, 2.75) is 39.4 Å². The minimum atomic E-state index is -3.52. The Hall–Kier alpha value is -0.580. The summed E-state index contributed by atoms with van der Waals surface area (Å²) in [4.78, 5) is 10.9. The molecule has 0 rings (SSSR count). The third kappa shape index (κ3) is 4.64. The SMILES string of the molecule is CC(C)CCS(=O)(=O)C(C(=O)O)C(C)C. The monoisotopic (exact) mass is 236 g/mol. The summed E-state index contributed by atoms with van der Waals surface area (Å²) < 4.78 is 23.5. The average molecular weight is 236 g/mol. The first-order valence-electron chi connectivity index (χ1n) is 5.13. The molecule has 0 radical (unpaired) electrons. The largest absolute Gasteiger partial charge is 0.480 e. The molecule has 0 aliphatic rings. The van der Waals surface area contributed by atoms with Gasteiger partial charge in [-0.25, -0.2) is 8.42 Å². The van der Waals surface area contributed by atoms with E-state index >= 15 is 0 Å². The number of carboxylic acid groups (broad SMARTS) is 1. The highest BCUT2D eigenvalue weighted by atomic mass is 32.2. The molecule has 0 amide bonds. The summed E-state index contributed by atoms with van der Waals surface area (Å²) in [5, 5.41) is 7.60. The minimum Gasteiger partial charge on any atom is -0.480 e. The second kappa shape index (κ2) is 5.49. The molecular weight excluding hydrogens is 216 g/mol. The number of hydrogen-bond acceptors (Lipinski definition) is 3. The van der Waals surface area contributed by atoms with Gasteiger partial charge >= 0.3 is 5.97 Å². The Labute approximate surface area is 91.6 Å². The third-order valence-electron chi connectivity index (χ3n) is 2.22. The lowest BCUT2D eigenvalue weighted by Crippen LogP contribution is -2.36. The van der Waals surface area contributed by atoms with Gasteiger partial charge in [0.1, 0.15) is 0 Å². The van der Waals surface area contributed by atoms with E-state index in [9.17, 15) is 13.2 Å². The molecule has 0 aliphatic heterocycles. The highest BCUT2D eigenvalue weighted by Gasteiger charge is 2.34. The van der Waals surface area contributed by atoms with Crippen LogP contribution in [0.4, 0.5) is 0 Å². The Kier molecular flexibility index (Phi) is 5.28. The number of carbonyl (C=O) groups is 1. The van der Waals surface area contributed by atoms with E-state index in [0.717, 1.165) is 0 Å². The molecule has 0 heterocycles. The summed E-state index contributed by atoms with van der Waals surface area (Å²) >= 11 is 0. The van der Waals surface area contributed by atoms with Gasteiger partial charge in [-0.1, -0.05) is 27.7 Å². The van der Waals surface area contributed by atoms with Crippen LogP contribution in [-0.4, -0.2) is 30.5 Å². The van der Waals surface area contributed by atoms with E-state index in [1.165, 1.54) is 0 Å². The summed E-state index contributed by atoms with van der Waals surface area (Å²) in [5.74, 6) is -1.41. The fourth-order valence-corrected chi connectivity index (χ4v) is 3.57. The van der Waals surface area contributed by atoms with Gasteiger partial charge in [-0.05, 0) is 18.3 Å². The fourth-order valence-electron chi connectivity index (χ4n) is 1.38. The van der Waals surface area contributed by atoms with Crippen molar-refractivity contribution in [3.8, 4) is 0 Å². The second-order valence-electron chi connectivity index (χ2n) is 4.55. The van der Waals surface area contributed by atoms with E-state index in [4.69, 9.17) is 5.11 Å². The summed E-state index contributed by atoms with van der Waals surface area (Å²) in [5.41, 5.74) is 0. The molecular formula is C10H20O4S. The topological polar surface area (TPSA) is 71.4 Å². The lowest BCUT2D eigenvalue weighted by molar-refractivity contribution is -0.137. The number of hydrogen-bond donors (Lipinski definition) is 1. The molecule has 0 aromatic rings. The number of aliphatic carboxylic acids is 1. The minimum absolute atomic E-state index is 0.0419. The van der Waals surface area contributed by atoms with E-state index in [0.29, 0.717) is 6.42 Å². The highest BCUT2D eigenvalue weighted by molar-refractivity contribution is 7.92. The molecule has 0 saturated heterocycles. The van der Waals surface area contributed by atoms with Gasteiger partial charge in [0, 0.05) is 0 Å². The summed E-state index contributed by atoms with van der Waals surface area (Å²) in [6.07, 6.45) is 0.513. The maximum Gasteiger partial charge on any atom is 0.322 e. The van der Waals surface area contributed by atoms with Crippen molar-refractivity contribution in [1.29, 1.82) is 0 Å². The first-order chi connectivity index (χ1) is 6.68. The molecule has 90 valence electrons. The van der Waals surface area contributed by atoms with E-state index in [-0.39, 0.29) is 17.6 Å². The molecule has 0 saturated carbocycles. The van der Waals surface area contributed by atoms with E-state index in [2.05, 4.69) is 0 Å². The predicted molar refractivity (Wildman–Crippen MR) is 59.5 cm³/mol. The van der Waals surface area contributed by atoms with Crippen LogP contribution in [0.15, 0.2) is 0 Å². The van der Waals surface area contributed by atoms with Crippen molar-refractivity contribution in [2.24, 2.45) is 11.8 Å². The van der Waals surface area contributed by atoms with Crippen LogP contribution in [0.5, 0.6) is 0 Å². The first-order valence-corrected chi connectivity index (χ1v) is 6.84. The second-order valence-corrected chi connectivity index (χ2v) is 6.79. The molecule has 0 spiro atoms. The molecule has 0 aromatic heterocycles. The quantitative estimate of drug-likeness (QED) is 0.759. The van der Waals surface area contributed by atoms with Crippen molar-refractivity contribution in [1.82, 2.24) is 0 Å². The Morgan fingerprint density at radius 3 is 1.93 bits per heavy atom. The van der Waals surface area contributed by atoms with Gasteiger partial charge in [0.2, 0.25) is 0 Å². The van der Waals surface area contributed by atoms with Gasteiger partial charge in [0.05, 0.1) is 5.75 Å². The van der Waals surface area contributed by atoms with Crippen LogP contribution in [0, 0.1) is 11.8 Å². The Bertz CT molecular complexity index is 303. The van der Waals surface area contributed by atoms with E-state index in [1.807, 2.05) is 13.8 Å². The van der Waals surface area contributed by atoms with E-state index < -0.39 is 21.1 Å². The van der Waals surface area contributed by atoms with Crippen LogP contribution in [-0.2, 0) is 14.6 Å². The van der Waals surface area contributed by atoms with Gasteiger partial charge in [0.25, 0.3) is 0 Å². The maximum absolute atomic E-state index is 11.7. The van der Waals surface area contributed by atoms with Crippen LogP contribution in [0.25, 0.3) is 0 Å². The molecule has 1 unspecified atom stereocenters. The lowest BCUT2D eigenvalue weighted by Gasteiger charge is -2.17. The van der Waals surface area contributed by atoms with E-state index in [1.54, 1.807) is 13.8 Å². The Balaban J connectivity index is 4.74. The highest BCUT2D eigenvalue weighted by Crippen LogP contribution is 2.16. The zero-order chi connectivity index (χ0) is 12.2. The zero-order valence-electron chi connectivity index (χ0n) is 9.73. The molecule has 0 bridgehead atoms. The maximum atomic E-state index is 11.7. The number of sulfone groups is 1. The van der Waals surface area contributed by atoms with Crippen LogP contribution >= 0.6 is 0 Å². The van der Waals surface area contributed by atoms with Gasteiger partial charge in [-0.15, -0.1) is 0 Å². The number of carboxylic acids is 1. The van der Waals surface area contributed by atoms with Crippen LogP contribution in [0.2, 0.25) is 0 Å². The van der Waals surface area contributed by atoms with Crippen molar-refractivity contribution < 1.29 is 18.3 Å². The standard InChI is InChI=1S/C10H20O4S/c1-7(2)5-6-15(13,14)9(8(3)4)10(11)12/h7-9H,5-6H2,1-4H3,(H,11,12). The van der Waals surface area contributed by atoms with Gasteiger partial charge in [-0.3, -0.25) is 4.79 Å². The molecule has 0 fully saturated rings.